The summed E-state index contributed by atoms with van der Waals surface area (Å²) < 4.78 is 0. The van der Waals surface area contributed by atoms with Gasteiger partial charge in [-0.2, -0.15) is 0 Å². The lowest BCUT2D eigenvalue weighted by atomic mass is 10.2. The molecular formula is C11H18N2O4. The molecule has 2 amide bonds. The van der Waals surface area contributed by atoms with Crippen LogP contribution < -0.4 is 10.6 Å². The zero-order valence-electron chi connectivity index (χ0n) is 9.70. The van der Waals surface area contributed by atoms with Crippen LogP contribution in [0.3, 0.4) is 0 Å². The summed E-state index contributed by atoms with van der Waals surface area (Å²) >= 11 is 0. The molecule has 0 spiro atoms. The van der Waals surface area contributed by atoms with E-state index in [-0.39, 0.29) is 24.3 Å². The Hall–Kier alpha value is -1.59. The fourth-order valence-corrected chi connectivity index (χ4v) is 1.72. The van der Waals surface area contributed by atoms with Gasteiger partial charge in [0.1, 0.15) is 0 Å². The van der Waals surface area contributed by atoms with E-state index in [4.69, 9.17) is 5.11 Å². The number of rotatable bonds is 7. The summed E-state index contributed by atoms with van der Waals surface area (Å²) in [7, 11) is 0. The molecule has 1 atom stereocenters. The molecule has 6 nitrogen and oxygen atoms in total. The molecule has 17 heavy (non-hydrogen) atoms. The van der Waals surface area contributed by atoms with Gasteiger partial charge in [-0.3, -0.25) is 14.4 Å². The fraction of sp³-hybridized carbons (Fsp3) is 0.727. The molecule has 0 saturated carbocycles. The van der Waals surface area contributed by atoms with Crippen LogP contribution in [0.2, 0.25) is 0 Å². The first-order chi connectivity index (χ1) is 8.08. The minimum absolute atomic E-state index is 0.0331. The van der Waals surface area contributed by atoms with Crippen LogP contribution in [0.25, 0.3) is 0 Å². The normalized spacial score (nSPS) is 18.8. The smallest absolute Gasteiger partial charge is 0.303 e. The predicted octanol–water partition coefficient (Wildman–Crippen LogP) is 0.0262. The number of aliphatic carboxylic acids is 1. The molecule has 1 fully saturated rings. The van der Waals surface area contributed by atoms with E-state index in [1.54, 1.807) is 0 Å². The first-order valence-corrected chi connectivity index (χ1v) is 5.86. The zero-order valence-corrected chi connectivity index (χ0v) is 9.70. The van der Waals surface area contributed by atoms with Crippen LogP contribution in [0.5, 0.6) is 0 Å². The van der Waals surface area contributed by atoms with Gasteiger partial charge in [-0.05, 0) is 19.3 Å². The molecule has 0 aromatic rings. The van der Waals surface area contributed by atoms with Crippen LogP contribution in [0, 0.1) is 0 Å². The molecule has 1 aliphatic heterocycles. The van der Waals surface area contributed by atoms with E-state index in [1.165, 1.54) is 0 Å². The van der Waals surface area contributed by atoms with Crippen LogP contribution in [-0.4, -0.2) is 35.5 Å². The third-order valence-corrected chi connectivity index (χ3v) is 2.68. The average Bonchev–Trinajstić information content (AvgIpc) is 2.67. The van der Waals surface area contributed by atoms with Gasteiger partial charge in [0.15, 0.2) is 0 Å². The highest BCUT2D eigenvalue weighted by atomic mass is 16.4. The lowest BCUT2D eigenvalue weighted by Crippen LogP contribution is -2.38. The lowest BCUT2D eigenvalue weighted by molar-refractivity contribution is -0.137. The maximum Gasteiger partial charge on any atom is 0.303 e. The summed E-state index contributed by atoms with van der Waals surface area (Å²) in [5.74, 6) is -0.888. The Kier molecular flexibility index (Phi) is 5.45. The van der Waals surface area contributed by atoms with Gasteiger partial charge in [0, 0.05) is 31.8 Å². The molecule has 0 bridgehead atoms. The number of carboxylic acids is 1. The van der Waals surface area contributed by atoms with Crippen molar-refractivity contribution in [3.8, 4) is 0 Å². The molecule has 0 aromatic carbocycles. The van der Waals surface area contributed by atoms with Gasteiger partial charge in [0.05, 0.1) is 0 Å². The summed E-state index contributed by atoms with van der Waals surface area (Å²) in [6.07, 6.45) is 2.83. The molecule has 0 aromatic heterocycles. The molecule has 1 aliphatic rings. The number of amides is 2. The minimum Gasteiger partial charge on any atom is -0.481 e. The molecule has 1 heterocycles. The molecule has 3 N–H and O–H groups in total. The summed E-state index contributed by atoms with van der Waals surface area (Å²) in [4.78, 5) is 32.5. The first-order valence-electron chi connectivity index (χ1n) is 5.86. The maximum atomic E-state index is 11.4. The Morgan fingerprint density at radius 3 is 2.65 bits per heavy atom. The molecule has 1 unspecified atom stereocenters. The van der Waals surface area contributed by atoms with E-state index in [2.05, 4.69) is 10.6 Å². The van der Waals surface area contributed by atoms with Crippen molar-refractivity contribution in [2.45, 2.75) is 44.6 Å². The Morgan fingerprint density at radius 2 is 2.06 bits per heavy atom. The van der Waals surface area contributed by atoms with Gasteiger partial charge >= 0.3 is 5.97 Å². The number of hydrogen-bond acceptors (Lipinski definition) is 3. The Labute approximate surface area is 99.8 Å². The summed E-state index contributed by atoms with van der Waals surface area (Å²) in [6.45, 7) is 0.462. The third kappa shape index (κ3) is 5.89. The number of nitrogens with one attached hydrogen (secondary N) is 2. The monoisotopic (exact) mass is 242 g/mol. The highest BCUT2D eigenvalue weighted by Gasteiger charge is 2.20. The summed E-state index contributed by atoms with van der Waals surface area (Å²) in [5, 5.41) is 13.9. The second-order valence-corrected chi connectivity index (χ2v) is 4.21. The van der Waals surface area contributed by atoms with Crippen molar-refractivity contribution in [2.24, 2.45) is 0 Å². The Morgan fingerprint density at radius 1 is 1.35 bits per heavy atom. The quantitative estimate of drug-likeness (QED) is 0.549. The van der Waals surface area contributed by atoms with Crippen molar-refractivity contribution in [1.82, 2.24) is 10.6 Å². The van der Waals surface area contributed by atoms with E-state index < -0.39 is 5.97 Å². The molecule has 1 rings (SSSR count). The van der Waals surface area contributed by atoms with Gasteiger partial charge in [-0.1, -0.05) is 0 Å². The lowest BCUT2D eigenvalue weighted by Gasteiger charge is -2.10. The maximum absolute atomic E-state index is 11.4. The first kappa shape index (κ1) is 13.5. The van der Waals surface area contributed by atoms with Crippen molar-refractivity contribution in [3.05, 3.63) is 0 Å². The van der Waals surface area contributed by atoms with E-state index in [1.807, 2.05) is 0 Å². The third-order valence-electron chi connectivity index (χ3n) is 2.68. The van der Waals surface area contributed by atoms with Crippen LogP contribution in [0.15, 0.2) is 0 Å². The number of carbonyl (C=O) groups is 3. The zero-order chi connectivity index (χ0) is 12.7. The largest absolute Gasteiger partial charge is 0.481 e. The van der Waals surface area contributed by atoms with E-state index in [9.17, 15) is 14.4 Å². The van der Waals surface area contributed by atoms with E-state index in [0.717, 1.165) is 6.42 Å². The van der Waals surface area contributed by atoms with Gasteiger partial charge in [0.25, 0.3) is 0 Å². The highest BCUT2D eigenvalue weighted by molar-refractivity contribution is 5.79. The van der Waals surface area contributed by atoms with Crippen molar-refractivity contribution >= 4 is 17.8 Å². The van der Waals surface area contributed by atoms with Gasteiger partial charge in [0.2, 0.25) is 11.8 Å². The molecule has 96 valence electrons. The van der Waals surface area contributed by atoms with E-state index >= 15 is 0 Å². The SMILES string of the molecule is O=C(O)CCCCC(=O)NCC1CCC(=O)N1. The molecular weight excluding hydrogens is 224 g/mol. The van der Waals surface area contributed by atoms with Crippen molar-refractivity contribution in [1.29, 1.82) is 0 Å². The van der Waals surface area contributed by atoms with Crippen molar-refractivity contribution < 1.29 is 19.5 Å². The van der Waals surface area contributed by atoms with Crippen molar-refractivity contribution in [2.75, 3.05) is 6.54 Å². The highest BCUT2D eigenvalue weighted by Crippen LogP contribution is 2.05. The molecule has 6 heteroatoms. The number of carbonyl (C=O) groups excluding carboxylic acids is 2. The second-order valence-electron chi connectivity index (χ2n) is 4.21. The average molecular weight is 242 g/mol. The number of unbranched alkanes of at least 4 members (excludes halogenated alkanes) is 1. The summed E-state index contributed by atoms with van der Waals surface area (Å²) in [5.41, 5.74) is 0. The van der Waals surface area contributed by atoms with Crippen LogP contribution >= 0.6 is 0 Å². The fourth-order valence-electron chi connectivity index (χ4n) is 1.72. The van der Waals surface area contributed by atoms with Gasteiger partial charge in [-0.15, -0.1) is 0 Å². The number of carboxylic acid groups (broad SMARTS) is 1. The van der Waals surface area contributed by atoms with Crippen LogP contribution in [-0.2, 0) is 14.4 Å². The van der Waals surface area contributed by atoms with Gasteiger partial charge in [-0.25, -0.2) is 0 Å². The Bertz CT molecular complexity index is 304. The van der Waals surface area contributed by atoms with E-state index in [0.29, 0.717) is 32.2 Å². The minimum atomic E-state index is -0.834. The molecule has 0 aliphatic carbocycles. The van der Waals surface area contributed by atoms with Crippen LogP contribution in [0.4, 0.5) is 0 Å². The second kappa shape index (κ2) is 6.88. The van der Waals surface area contributed by atoms with Crippen LogP contribution in [0.1, 0.15) is 38.5 Å². The summed E-state index contributed by atoms with van der Waals surface area (Å²) in [6, 6.07) is 0.0467. The topological polar surface area (TPSA) is 95.5 Å². The molecule has 1 saturated heterocycles. The standard InChI is InChI=1S/C11H18N2O4/c14-9(3-1-2-4-11(16)17)12-7-8-5-6-10(15)13-8/h8H,1-7H2,(H,12,14)(H,13,15)(H,16,17). The van der Waals surface area contributed by atoms with Crippen molar-refractivity contribution in [3.63, 3.8) is 0 Å². The van der Waals surface area contributed by atoms with Gasteiger partial charge < -0.3 is 15.7 Å². The molecule has 0 radical (unpaired) electrons. The Balaban J connectivity index is 2.01. The predicted molar refractivity (Wildman–Crippen MR) is 60.3 cm³/mol. The number of hydrogen-bond donors (Lipinski definition) is 3.